The predicted octanol–water partition coefficient (Wildman–Crippen LogP) is 4.26. The fourth-order valence-corrected chi connectivity index (χ4v) is 5.36. The molecular weight excluding hydrogens is 456 g/mol. The molecule has 0 radical (unpaired) electrons. The van der Waals surface area contributed by atoms with Gasteiger partial charge in [0.2, 0.25) is 0 Å². The summed E-state index contributed by atoms with van der Waals surface area (Å²) in [5, 5.41) is 4.59. The van der Waals surface area contributed by atoms with Gasteiger partial charge in [0, 0.05) is 12.0 Å². The molecule has 1 aliphatic heterocycles. The molecule has 4 rings (SSSR count). The van der Waals surface area contributed by atoms with Crippen LogP contribution < -0.4 is 18.9 Å². The van der Waals surface area contributed by atoms with E-state index in [-0.39, 0.29) is 4.90 Å². The number of hydrazone groups is 1. The number of benzene rings is 3. The van der Waals surface area contributed by atoms with Gasteiger partial charge in [-0.15, -0.1) is 0 Å². The number of rotatable bonds is 8. The SMILES string of the molecule is COc1ccc(C2=NN(S(=O)(=O)c3ccccc3)[C@H](c3ccc(OC)c(OC)c3)C2)cc1OC. The topological polar surface area (TPSA) is 86.7 Å². The van der Waals surface area contributed by atoms with Crippen molar-refractivity contribution in [3.05, 3.63) is 77.9 Å². The molecule has 1 heterocycles. The van der Waals surface area contributed by atoms with Crippen molar-refractivity contribution in [2.24, 2.45) is 5.10 Å². The summed E-state index contributed by atoms with van der Waals surface area (Å²) in [5.41, 5.74) is 2.09. The van der Waals surface area contributed by atoms with Crippen molar-refractivity contribution in [2.75, 3.05) is 28.4 Å². The second kappa shape index (κ2) is 9.64. The molecular formula is C25H26N2O6S. The van der Waals surface area contributed by atoms with Gasteiger partial charge in [-0.1, -0.05) is 24.3 Å². The fraction of sp³-hybridized carbons (Fsp3) is 0.240. The summed E-state index contributed by atoms with van der Waals surface area (Å²) >= 11 is 0. The molecule has 0 fully saturated rings. The summed E-state index contributed by atoms with van der Waals surface area (Å²) < 4.78 is 50.0. The normalized spacial score (nSPS) is 15.6. The van der Waals surface area contributed by atoms with Gasteiger partial charge in [-0.3, -0.25) is 0 Å². The first kappa shape index (κ1) is 23.4. The molecule has 0 amide bonds. The molecule has 3 aromatic carbocycles. The molecule has 0 saturated heterocycles. The number of hydrogen-bond acceptors (Lipinski definition) is 7. The monoisotopic (exact) mass is 482 g/mol. The molecule has 0 N–H and O–H groups in total. The van der Waals surface area contributed by atoms with Gasteiger partial charge in [-0.2, -0.15) is 17.9 Å². The number of sulfonamides is 1. The summed E-state index contributed by atoms with van der Waals surface area (Å²) in [6.07, 6.45) is 0.358. The highest BCUT2D eigenvalue weighted by Crippen LogP contribution is 2.41. The first-order chi connectivity index (χ1) is 16.4. The molecule has 3 aromatic rings. The Kier molecular flexibility index (Phi) is 6.65. The lowest BCUT2D eigenvalue weighted by Crippen LogP contribution is -2.27. The fourth-order valence-electron chi connectivity index (χ4n) is 3.91. The molecule has 0 spiro atoms. The van der Waals surface area contributed by atoms with Gasteiger partial charge < -0.3 is 18.9 Å². The zero-order valence-electron chi connectivity index (χ0n) is 19.4. The number of nitrogens with zero attached hydrogens (tertiary/aromatic N) is 2. The van der Waals surface area contributed by atoms with Crippen molar-refractivity contribution in [3.8, 4) is 23.0 Å². The van der Waals surface area contributed by atoms with E-state index in [9.17, 15) is 8.42 Å². The van der Waals surface area contributed by atoms with Crippen LogP contribution in [0.15, 0.2) is 76.7 Å². The molecule has 9 heteroatoms. The van der Waals surface area contributed by atoms with E-state index in [1.165, 1.54) is 4.41 Å². The average molecular weight is 483 g/mol. The van der Waals surface area contributed by atoms with E-state index in [1.807, 2.05) is 12.1 Å². The van der Waals surface area contributed by atoms with Crippen LogP contribution in [0.2, 0.25) is 0 Å². The van der Waals surface area contributed by atoms with Crippen LogP contribution in [0.1, 0.15) is 23.6 Å². The van der Waals surface area contributed by atoms with Crippen LogP contribution in [-0.2, 0) is 10.0 Å². The summed E-state index contributed by atoms with van der Waals surface area (Å²) in [4.78, 5) is 0.165. The molecule has 0 unspecified atom stereocenters. The quantitative estimate of drug-likeness (QED) is 0.477. The largest absolute Gasteiger partial charge is 0.493 e. The van der Waals surface area contributed by atoms with Crippen LogP contribution in [0.5, 0.6) is 23.0 Å². The molecule has 0 aliphatic carbocycles. The first-order valence-electron chi connectivity index (χ1n) is 10.5. The van der Waals surface area contributed by atoms with Gasteiger partial charge in [0.25, 0.3) is 10.0 Å². The standard InChI is InChI=1S/C25H26N2O6S/c1-30-22-12-10-17(14-24(22)32-3)20-16-21(18-11-13-23(31-2)25(15-18)33-4)27(26-20)34(28,29)19-8-6-5-7-9-19/h5-15,21H,16H2,1-4H3/t21-/m0/s1. The molecule has 0 aromatic heterocycles. The lowest BCUT2D eigenvalue weighted by Gasteiger charge is -2.24. The third-order valence-corrected chi connectivity index (χ3v) is 7.37. The highest BCUT2D eigenvalue weighted by molar-refractivity contribution is 7.89. The summed E-state index contributed by atoms with van der Waals surface area (Å²) in [5.74, 6) is 2.18. The summed E-state index contributed by atoms with van der Waals surface area (Å²) in [6, 6.07) is 18.5. The Morgan fingerprint density at radius 2 is 1.35 bits per heavy atom. The maximum atomic E-state index is 13.6. The number of methoxy groups -OCH3 is 4. The minimum absolute atomic E-state index is 0.165. The minimum atomic E-state index is -3.92. The summed E-state index contributed by atoms with van der Waals surface area (Å²) in [7, 11) is 2.29. The third kappa shape index (κ3) is 4.26. The van der Waals surface area contributed by atoms with E-state index in [1.54, 1.807) is 83.0 Å². The van der Waals surface area contributed by atoms with Crippen LogP contribution in [0.3, 0.4) is 0 Å². The molecule has 1 aliphatic rings. The van der Waals surface area contributed by atoms with Crippen LogP contribution in [-0.4, -0.2) is 47.0 Å². The van der Waals surface area contributed by atoms with Crippen molar-refractivity contribution in [1.82, 2.24) is 4.41 Å². The van der Waals surface area contributed by atoms with E-state index in [0.29, 0.717) is 35.1 Å². The van der Waals surface area contributed by atoms with Crippen molar-refractivity contribution < 1.29 is 27.4 Å². The molecule has 8 nitrogen and oxygen atoms in total. The van der Waals surface area contributed by atoms with Crippen LogP contribution in [0.25, 0.3) is 0 Å². The van der Waals surface area contributed by atoms with Gasteiger partial charge in [0.15, 0.2) is 23.0 Å². The van der Waals surface area contributed by atoms with Crippen molar-refractivity contribution >= 4 is 15.7 Å². The van der Waals surface area contributed by atoms with Gasteiger partial charge in [-0.25, -0.2) is 0 Å². The van der Waals surface area contributed by atoms with E-state index in [4.69, 9.17) is 18.9 Å². The Balaban J connectivity index is 1.82. The first-order valence-corrected chi connectivity index (χ1v) is 12.0. The molecule has 1 atom stereocenters. The lowest BCUT2D eigenvalue weighted by atomic mass is 9.98. The predicted molar refractivity (Wildman–Crippen MR) is 128 cm³/mol. The molecule has 0 bridgehead atoms. The highest BCUT2D eigenvalue weighted by atomic mass is 32.2. The average Bonchev–Trinajstić information content (AvgIpc) is 3.35. The molecule has 0 saturated carbocycles. The zero-order chi connectivity index (χ0) is 24.3. The smallest absolute Gasteiger partial charge is 0.279 e. The summed E-state index contributed by atoms with van der Waals surface area (Å²) in [6.45, 7) is 0. The maximum absolute atomic E-state index is 13.6. The van der Waals surface area contributed by atoms with E-state index < -0.39 is 16.1 Å². The Labute approximate surface area is 199 Å². The van der Waals surface area contributed by atoms with E-state index >= 15 is 0 Å². The number of hydrogen-bond donors (Lipinski definition) is 0. The second-order valence-electron chi connectivity index (χ2n) is 7.54. The molecule has 34 heavy (non-hydrogen) atoms. The minimum Gasteiger partial charge on any atom is -0.493 e. The maximum Gasteiger partial charge on any atom is 0.279 e. The Morgan fingerprint density at radius 1 is 0.765 bits per heavy atom. The van der Waals surface area contributed by atoms with Gasteiger partial charge in [0.1, 0.15) is 0 Å². The zero-order valence-corrected chi connectivity index (χ0v) is 20.2. The van der Waals surface area contributed by atoms with Crippen LogP contribution in [0.4, 0.5) is 0 Å². The van der Waals surface area contributed by atoms with Gasteiger partial charge >= 0.3 is 0 Å². The third-order valence-electron chi connectivity index (χ3n) is 5.67. The van der Waals surface area contributed by atoms with Crippen LogP contribution >= 0.6 is 0 Å². The molecule has 178 valence electrons. The van der Waals surface area contributed by atoms with Gasteiger partial charge in [-0.05, 0) is 48.0 Å². The Bertz CT molecular complexity index is 1310. The van der Waals surface area contributed by atoms with E-state index in [0.717, 1.165) is 11.1 Å². The van der Waals surface area contributed by atoms with E-state index in [2.05, 4.69) is 5.10 Å². The number of ether oxygens (including phenoxy) is 4. The van der Waals surface area contributed by atoms with Crippen LogP contribution in [0, 0.1) is 0 Å². The highest BCUT2D eigenvalue weighted by Gasteiger charge is 2.38. The van der Waals surface area contributed by atoms with Crippen molar-refractivity contribution in [3.63, 3.8) is 0 Å². The second-order valence-corrected chi connectivity index (χ2v) is 9.34. The Morgan fingerprint density at radius 3 is 1.97 bits per heavy atom. The Hall–Kier alpha value is -3.72. The van der Waals surface area contributed by atoms with Gasteiger partial charge in [0.05, 0.1) is 45.1 Å². The lowest BCUT2D eigenvalue weighted by molar-refractivity contribution is 0.348. The van der Waals surface area contributed by atoms with Crippen molar-refractivity contribution in [2.45, 2.75) is 17.4 Å². The van der Waals surface area contributed by atoms with Crippen molar-refractivity contribution in [1.29, 1.82) is 0 Å².